The van der Waals surface area contributed by atoms with Crippen LogP contribution in [0.25, 0.3) is 0 Å². The quantitative estimate of drug-likeness (QED) is 0.635. The van der Waals surface area contributed by atoms with Crippen LogP contribution in [0.5, 0.6) is 0 Å². The molecule has 156 valence electrons. The molecule has 0 aliphatic heterocycles. The number of hydrogen-bond acceptors (Lipinski definition) is 4. The van der Waals surface area contributed by atoms with E-state index in [0.29, 0.717) is 11.4 Å². The van der Waals surface area contributed by atoms with E-state index in [9.17, 15) is 9.59 Å². The lowest BCUT2D eigenvalue weighted by Crippen LogP contribution is -2.37. The summed E-state index contributed by atoms with van der Waals surface area (Å²) in [6.07, 6.45) is -0.520. The van der Waals surface area contributed by atoms with E-state index in [1.807, 2.05) is 55.5 Å². The summed E-state index contributed by atoms with van der Waals surface area (Å²) >= 11 is 6.13. The van der Waals surface area contributed by atoms with Gasteiger partial charge in [-0.2, -0.15) is 0 Å². The molecule has 1 N–H and O–H groups in total. The fraction of sp³-hybridized carbons (Fsp3) is 0.391. The van der Waals surface area contributed by atoms with Crippen LogP contribution in [0.3, 0.4) is 0 Å². The smallest absolute Gasteiger partial charge is 0.408 e. The Morgan fingerprint density at radius 2 is 1.76 bits per heavy atom. The highest BCUT2D eigenvalue weighted by atomic mass is 35.5. The maximum Gasteiger partial charge on any atom is 0.408 e. The molecule has 2 aromatic rings. The molecule has 0 spiro atoms. The van der Waals surface area contributed by atoms with Crippen molar-refractivity contribution in [1.29, 1.82) is 0 Å². The molecule has 0 aliphatic rings. The zero-order chi connectivity index (χ0) is 21.4. The Morgan fingerprint density at radius 3 is 2.38 bits per heavy atom. The van der Waals surface area contributed by atoms with Crippen LogP contribution in [0.1, 0.15) is 44.7 Å². The van der Waals surface area contributed by atoms with Gasteiger partial charge in [0.2, 0.25) is 0 Å². The lowest BCUT2D eigenvalue weighted by molar-refractivity contribution is -0.148. The van der Waals surface area contributed by atoms with Gasteiger partial charge in [-0.15, -0.1) is 0 Å². The van der Waals surface area contributed by atoms with Gasteiger partial charge >= 0.3 is 12.1 Å². The summed E-state index contributed by atoms with van der Waals surface area (Å²) in [5.74, 6) is -0.606. The first-order chi connectivity index (χ1) is 13.6. The Labute approximate surface area is 177 Å². The third-order valence-electron chi connectivity index (χ3n) is 4.27. The Hall–Kier alpha value is -2.53. The Morgan fingerprint density at radius 1 is 1.07 bits per heavy atom. The molecule has 1 amide bonds. The number of benzene rings is 2. The van der Waals surface area contributed by atoms with E-state index in [1.54, 1.807) is 26.8 Å². The van der Waals surface area contributed by atoms with Gasteiger partial charge in [0.1, 0.15) is 18.2 Å². The molecular formula is C23H28ClNO4. The summed E-state index contributed by atoms with van der Waals surface area (Å²) in [6.45, 7) is 7.00. The van der Waals surface area contributed by atoms with Gasteiger partial charge in [-0.1, -0.05) is 61.0 Å². The number of rotatable bonds is 7. The van der Waals surface area contributed by atoms with Gasteiger partial charge in [0.15, 0.2) is 0 Å². The SMILES string of the molecule is CC(c1cccc(Cl)c1)C(Cc1ccccc1)OC(=O)CNC(=O)OC(C)(C)C. The largest absolute Gasteiger partial charge is 0.460 e. The maximum atomic E-state index is 12.4. The molecule has 0 saturated carbocycles. The van der Waals surface area contributed by atoms with E-state index in [4.69, 9.17) is 21.1 Å². The molecule has 0 aromatic heterocycles. The van der Waals surface area contributed by atoms with Crippen LogP contribution >= 0.6 is 11.6 Å². The third-order valence-corrected chi connectivity index (χ3v) is 4.51. The first-order valence-corrected chi connectivity index (χ1v) is 9.97. The highest BCUT2D eigenvalue weighted by Crippen LogP contribution is 2.26. The molecule has 2 aromatic carbocycles. The summed E-state index contributed by atoms with van der Waals surface area (Å²) in [7, 11) is 0. The van der Waals surface area contributed by atoms with Gasteiger partial charge in [-0.25, -0.2) is 4.79 Å². The van der Waals surface area contributed by atoms with Gasteiger partial charge in [-0.3, -0.25) is 4.79 Å². The fourth-order valence-electron chi connectivity index (χ4n) is 2.84. The highest BCUT2D eigenvalue weighted by molar-refractivity contribution is 6.30. The normalized spacial score (nSPS) is 13.3. The van der Waals surface area contributed by atoms with Crippen molar-refractivity contribution in [3.63, 3.8) is 0 Å². The molecule has 0 radical (unpaired) electrons. The second kappa shape index (κ2) is 10.3. The van der Waals surface area contributed by atoms with Crippen molar-refractivity contribution in [3.05, 3.63) is 70.7 Å². The maximum absolute atomic E-state index is 12.4. The first-order valence-electron chi connectivity index (χ1n) is 9.60. The summed E-state index contributed by atoms with van der Waals surface area (Å²) in [4.78, 5) is 24.2. The van der Waals surface area contributed by atoms with Gasteiger partial charge < -0.3 is 14.8 Å². The minimum atomic E-state index is -0.656. The molecule has 0 heterocycles. The molecule has 2 unspecified atom stereocenters. The molecule has 6 heteroatoms. The van der Waals surface area contributed by atoms with Crippen molar-refractivity contribution in [3.8, 4) is 0 Å². The molecular weight excluding hydrogens is 390 g/mol. The molecule has 29 heavy (non-hydrogen) atoms. The number of carbonyl (C=O) groups is 2. The topological polar surface area (TPSA) is 64.6 Å². The molecule has 2 rings (SSSR count). The Balaban J connectivity index is 2.06. The van der Waals surface area contributed by atoms with E-state index in [1.165, 1.54) is 0 Å². The average Bonchev–Trinajstić information content (AvgIpc) is 2.65. The van der Waals surface area contributed by atoms with Gasteiger partial charge in [0, 0.05) is 17.4 Å². The van der Waals surface area contributed by atoms with Crippen LogP contribution < -0.4 is 5.32 Å². The minimum Gasteiger partial charge on any atom is -0.460 e. The monoisotopic (exact) mass is 417 g/mol. The zero-order valence-electron chi connectivity index (χ0n) is 17.3. The number of halogens is 1. The average molecular weight is 418 g/mol. The van der Waals surface area contributed by atoms with Crippen LogP contribution in [0, 0.1) is 0 Å². The number of nitrogens with one attached hydrogen (secondary N) is 1. The van der Waals surface area contributed by atoms with Crippen molar-refractivity contribution in [1.82, 2.24) is 5.32 Å². The van der Waals surface area contributed by atoms with Gasteiger partial charge in [0.25, 0.3) is 0 Å². The first kappa shape index (κ1) is 22.8. The lowest BCUT2D eigenvalue weighted by atomic mass is 9.91. The van der Waals surface area contributed by atoms with Crippen LogP contribution in [0.2, 0.25) is 5.02 Å². The predicted octanol–water partition coefficient (Wildman–Crippen LogP) is 5.12. The highest BCUT2D eigenvalue weighted by Gasteiger charge is 2.24. The molecule has 2 atom stereocenters. The van der Waals surface area contributed by atoms with Crippen molar-refractivity contribution in [2.24, 2.45) is 0 Å². The Bertz CT molecular complexity index is 817. The molecule has 0 aliphatic carbocycles. The van der Waals surface area contributed by atoms with Crippen molar-refractivity contribution in [2.75, 3.05) is 6.54 Å². The zero-order valence-corrected chi connectivity index (χ0v) is 18.0. The summed E-state index contributed by atoms with van der Waals surface area (Å²) in [6, 6.07) is 17.3. The second-order valence-electron chi connectivity index (χ2n) is 7.92. The number of hydrogen-bond donors (Lipinski definition) is 1. The van der Waals surface area contributed by atoms with Gasteiger partial charge in [0.05, 0.1) is 0 Å². The number of carbonyl (C=O) groups excluding carboxylic acids is 2. The fourth-order valence-corrected chi connectivity index (χ4v) is 3.04. The molecule has 0 bridgehead atoms. The number of ether oxygens (including phenoxy) is 2. The molecule has 0 fully saturated rings. The van der Waals surface area contributed by atoms with Gasteiger partial charge in [-0.05, 0) is 44.0 Å². The lowest BCUT2D eigenvalue weighted by Gasteiger charge is -2.25. The van der Waals surface area contributed by atoms with Crippen LogP contribution in [-0.2, 0) is 20.7 Å². The number of alkyl carbamates (subject to hydrolysis) is 1. The van der Waals surface area contributed by atoms with E-state index in [2.05, 4.69) is 5.32 Å². The minimum absolute atomic E-state index is 0.0839. The third kappa shape index (κ3) is 8.16. The van der Waals surface area contributed by atoms with E-state index in [0.717, 1.165) is 11.1 Å². The van der Waals surface area contributed by atoms with E-state index >= 15 is 0 Å². The second-order valence-corrected chi connectivity index (χ2v) is 8.35. The van der Waals surface area contributed by atoms with Crippen molar-refractivity contribution < 1.29 is 19.1 Å². The van der Waals surface area contributed by atoms with Crippen LogP contribution in [-0.4, -0.2) is 30.3 Å². The van der Waals surface area contributed by atoms with Crippen LogP contribution in [0.15, 0.2) is 54.6 Å². The van der Waals surface area contributed by atoms with E-state index in [-0.39, 0.29) is 12.5 Å². The van der Waals surface area contributed by atoms with Crippen molar-refractivity contribution in [2.45, 2.75) is 51.7 Å². The van der Waals surface area contributed by atoms with Crippen LogP contribution in [0.4, 0.5) is 4.79 Å². The summed E-state index contributed by atoms with van der Waals surface area (Å²) in [5.41, 5.74) is 1.40. The number of amides is 1. The van der Waals surface area contributed by atoms with E-state index < -0.39 is 23.8 Å². The number of esters is 1. The standard InChI is InChI=1S/C23H28ClNO4/c1-16(18-11-8-12-19(24)14-18)20(13-17-9-6-5-7-10-17)28-21(26)15-25-22(27)29-23(2,3)4/h5-12,14,16,20H,13,15H2,1-4H3,(H,25,27). The summed E-state index contributed by atoms with van der Waals surface area (Å²) < 4.78 is 10.9. The van der Waals surface area contributed by atoms with Crippen molar-refractivity contribution >= 4 is 23.7 Å². The molecule has 5 nitrogen and oxygen atoms in total. The Kier molecular flexibility index (Phi) is 8.09. The summed E-state index contributed by atoms with van der Waals surface area (Å²) in [5, 5.41) is 3.07. The predicted molar refractivity (Wildman–Crippen MR) is 114 cm³/mol. The molecule has 0 saturated heterocycles.